The number of aromatic nitrogens is 10. The van der Waals surface area contributed by atoms with Crippen molar-refractivity contribution in [1.82, 2.24) is 49.0 Å². The fourth-order valence-electron chi connectivity index (χ4n) is 9.38. The van der Waals surface area contributed by atoms with Crippen LogP contribution in [0.4, 0.5) is 5.69 Å². The van der Waals surface area contributed by atoms with Crippen molar-refractivity contribution < 1.29 is 0 Å². The molecule has 4 aromatic carbocycles. The third-order valence-electron chi connectivity index (χ3n) is 13.4. The summed E-state index contributed by atoms with van der Waals surface area (Å²) < 4.78 is 4.38. The van der Waals surface area contributed by atoms with E-state index in [0.29, 0.717) is 0 Å². The third-order valence-corrected chi connectivity index (χ3v) is 13.4. The van der Waals surface area contributed by atoms with Gasteiger partial charge in [-0.05, 0) is 130 Å². The molecule has 12 rings (SSSR count). The van der Waals surface area contributed by atoms with E-state index in [4.69, 9.17) is 25.7 Å². The predicted molar refractivity (Wildman–Crippen MR) is 283 cm³/mol. The number of hydrogen-bond acceptors (Lipinski definition) is 9. The van der Waals surface area contributed by atoms with E-state index < -0.39 is 0 Å². The Morgan fingerprint density at radius 1 is 0.449 bits per heavy atom. The molecule has 11 nitrogen and oxygen atoms in total. The van der Waals surface area contributed by atoms with Gasteiger partial charge in [-0.1, -0.05) is 55.5 Å². The molecule has 2 N–H and O–H groups in total. The lowest BCUT2D eigenvalue weighted by Crippen LogP contribution is -2.02. The van der Waals surface area contributed by atoms with E-state index >= 15 is 0 Å². The van der Waals surface area contributed by atoms with Crippen LogP contribution in [0.3, 0.4) is 0 Å². The molecule has 0 atom stereocenters. The SMILES string of the molecule is CCc1ccc2ncccc2c1N.Cc1ncc(C)c2nc(CCc3nc4c5ccccc5ccc4n3C)ccc12.Cc1ncc(C)c2nc(CCc3nc4c5ncccc5ccc4n3C)ccc12. The zero-order valence-corrected chi connectivity index (χ0v) is 40.3. The van der Waals surface area contributed by atoms with Gasteiger partial charge in [0.15, 0.2) is 0 Å². The molecule has 0 spiro atoms. The molecule has 0 aliphatic carbocycles. The van der Waals surface area contributed by atoms with Gasteiger partial charge in [0.2, 0.25) is 0 Å². The van der Waals surface area contributed by atoms with Crippen molar-refractivity contribution in [2.75, 3.05) is 5.73 Å². The minimum atomic E-state index is 0.834. The summed E-state index contributed by atoms with van der Waals surface area (Å²) in [5, 5.41) is 6.89. The monoisotopic (exact) mass is 905 g/mol. The Morgan fingerprint density at radius 3 is 1.65 bits per heavy atom. The Labute approximate surface area is 401 Å². The van der Waals surface area contributed by atoms with Gasteiger partial charge < -0.3 is 14.9 Å². The number of imidazole rings is 2. The van der Waals surface area contributed by atoms with E-state index in [1.165, 1.54) is 21.9 Å². The Hall–Kier alpha value is -8.18. The molecule has 0 amide bonds. The second-order valence-corrected chi connectivity index (χ2v) is 17.8. The minimum Gasteiger partial charge on any atom is -0.398 e. The van der Waals surface area contributed by atoms with Crippen LogP contribution < -0.4 is 5.73 Å². The Bertz CT molecular complexity index is 3680. The number of rotatable bonds is 7. The number of pyridine rings is 6. The lowest BCUT2D eigenvalue weighted by Gasteiger charge is -2.07. The van der Waals surface area contributed by atoms with E-state index in [1.54, 1.807) is 6.20 Å². The summed E-state index contributed by atoms with van der Waals surface area (Å²) in [6, 6.07) is 37.6. The zero-order chi connectivity index (χ0) is 47.8. The van der Waals surface area contributed by atoms with Gasteiger partial charge in [0.25, 0.3) is 0 Å². The maximum Gasteiger partial charge on any atom is 0.115 e. The molecule has 69 heavy (non-hydrogen) atoms. The molecule has 0 aliphatic heterocycles. The predicted octanol–water partition coefficient (Wildman–Crippen LogP) is 11.9. The van der Waals surface area contributed by atoms with Gasteiger partial charge >= 0.3 is 0 Å². The van der Waals surface area contributed by atoms with Crippen LogP contribution >= 0.6 is 0 Å². The van der Waals surface area contributed by atoms with Crippen LogP contribution in [0.5, 0.6) is 0 Å². The highest BCUT2D eigenvalue weighted by molar-refractivity contribution is 6.04. The zero-order valence-electron chi connectivity index (χ0n) is 40.3. The Balaban J connectivity index is 0.000000128. The van der Waals surface area contributed by atoms with Crippen molar-refractivity contribution in [3.05, 3.63) is 185 Å². The number of fused-ring (bicyclic) bond motifs is 9. The average molecular weight is 906 g/mol. The summed E-state index contributed by atoms with van der Waals surface area (Å²) in [5.41, 5.74) is 22.9. The number of hydrogen-bond donors (Lipinski definition) is 1. The second kappa shape index (κ2) is 18.8. The van der Waals surface area contributed by atoms with E-state index in [1.807, 2.05) is 62.8 Å². The highest BCUT2D eigenvalue weighted by Gasteiger charge is 2.14. The van der Waals surface area contributed by atoms with Gasteiger partial charge in [-0.15, -0.1) is 0 Å². The molecule has 342 valence electrons. The van der Waals surface area contributed by atoms with Crippen LogP contribution in [-0.2, 0) is 46.2 Å². The largest absolute Gasteiger partial charge is 0.398 e. The lowest BCUT2D eigenvalue weighted by atomic mass is 10.1. The number of nitrogen functional groups attached to an aromatic ring is 1. The van der Waals surface area contributed by atoms with Crippen molar-refractivity contribution in [2.45, 2.75) is 66.7 Å². The molecule has 0 saturated heterocycles. The fourth-order valence-corrected chi connectivity index (χ4v) is 9.38. The normalized spacial score (nSPS) is 11.5. The fraction of sp³-hybridized carbons (Fsp3) is 0.207. The molecule has 12 aromatic rings. The molecule has 0 fully saturated rings. The molecular formula is C58H55N11. The molecule has 8 heterocycles. The number of anilines is 1. The van der Waals surface area contributed by atoms with E-state index in [-0.39, 0.29) is 0 Å². The number of aryl methyl sites for hydroxylation is 11. The molecule has 11 heteroatoms. The van der Waals surface area contributed by atoms with E-state index in [2.05, 4.69) is 143 Å². The molecule has 8 aromatic heterocycles. The number of nitrogens with two attached hydrogens (primary N) is 1. The summed E-state index contributed by atoms with van der Waals surface area (Å²) in [5.74, 6) is 2.15. The van der Waals surface area contributed by atoms with Crippen LogP contribution in [0.1, 0.15) is 58.0 Å². The first kappa shape index (κ1) is 44.6. The summed E-state index contributed by atoms with van der Waals surface area (Å²) in [7, 11) is 4.18. The van der Waals surface area contributed by atoms with E-state index in [9.17, 15) is 0 Å². The topological polar surface area (TPSA) is 139 Å². The first-order valence-electron chi connectivity index (χ1n) is 23.6. The first-order valence-corrected chi connectivity index (χ1v) is 23.6. The van der Waals surface area contributed by atoms with Gasteiger partial charge in [-0.2, -0.15) is 0 Å². The van der Waals surface area contributed by atoms with Gasteiger partial charge in [0.1, 0.15) is 17.2 Å². The summed E-state index contributed by atoms with van der Waals surface area (Å²) in [4.78, 5) is 37.3. The number of benzene rings is 4. The quantitative estimate of drug-likeness (QED) is 0.155. The van der Waals surface area contributed by atoms with Crippen LogP contribution in [0.25, 0.3) is 76.5 Å². The Morgan fingerprint density at radius 2 is 1.00 bits per heavy atom. The van der Waals surface area contributed by atoms with Gasteiger partial charge in [-0.25, -0.2) is 9.97 Å². The lowest BCUT2D eigenvalue weighted by molar-refractivity contribution is 0.777. The maximum absolute atomic E-state index is 5.99. The van der Waals surface area contributed by atoms with Gasteiger partial charge in [0.05, 0.1) is 38.6 Å². The van der Waals surface area contributed by atoms with Crippen molar-refractivity contribution >= 4 is 82.1 Å². The van der Waals surface area contributed by atoms with Gasteiger partial charge in [0, 0.05) is 107 Å². The average Bonchev–Trinajstić information content (AvgIpc) is 3.90. The van der Waals surface area contributed by atoms with Gasteiger partial charge in [-0.3, -0.25) is 29.9 Å². The molecular weight excluding hydrogens is 851 g/mol. The molecule has 0 bridgehead atoms. The minimum absolute atomic E-state index is 0.834. The standard InChI is InChI=1S/C24H22N4.C23H21N5.C11H12N2/c1-15-14-25-16(2)19-11-9-18(26-23(15)19)10-13-22-27-24-20-7-5-4-6-17(20)8-12-21(24)28(22)3;1-14-13-25-15(2)18-9-7-17(26-21(14)18)8-11-20-27-23-19(28(20)3)10-6-16-5-4-12-24-22(16)23;1-2-8-5-6-10-9(11(8)12)4-3-7-13-10/h4-9,11-12,14H,10,13H2,1-3H3;4-7,9-10,12-13H,8,11H2,1-3H3;3-7H,2,12H2,1H3. The van der Waals surface area contributed by atoms with Crippen LogP contribution in [-0.4, -0.2) is 49.0 Å². The highest BCUT2D eigenvalue weighted by Crippen LogP contribution is 2.28. The van der Waals surface area contributed by atoms with Crippen LogP contribution in [0.2, 0.25) is 0 Å². The van der Waals surface area contributed by atoms with Crippen LogP contribution in [0, 0.1) is 27.7 Å². The maximum atomic E-state index is 5.99. The molecule has 0 unspecified atom stereocenters. The van der Waals surface area contributed by atoms with E-state index in [0.717, 1.165) is 144 Å². The third kappa shape index (κ3) is 8.68. The van der Waals surface area contributed by atoms with Crippen molar-refractivity contribution in [3.63, 3.8) is 0 Å². The highest BCUT2D eigenvalue weighted by atomic mass is 15.1. The van der Waals surface area contributed by atoms with Crippen molar-refractivity contribution in [2.24, 2.45) is 14.1 Å². The molecule has 0 radical (unpaired) electrons. The van der Waals surface area contributed by atoms with Crippen molar-refractivity contribution in [3.8, 4) is 0 Å². The number of nitrogens with zero attached hydrogens (tertiary/aromatic N) is 10. The Kier molecular flexibility index (Phi) is 12.2. The first-order chi connectivity index (χ1) is 33.6. The molecule has 0 saturated carbocycles. The van der Waals surface area contributed by atoms with Crippen LogP contribution in [0.15, 0.2) is 134 Å². The second-order valence-electron chi connectivity index (χ2n) is 17.8. The molecule has 0 aliphatic rings. The summed E-state index contributed by atoms with van der Waals surface area (Å²) in [6.07, 6.45) is 11.8. The summed E-state index contributed by atoms with van der Waals surface area (Å²) >= 11 is 0. The smallest absolute Gasteiger partial charge is 0.115 e. The summed E-state index contributed by atoms with van der Waals surface area (Å²) in [6.45, 7) is 10.3. The van der Waals surface area contributed by atoms with Crippen molar-refractivity contribution in [1.29, 1.82) is 0 Å².